The van der Waals surface area contributed by atoms with Crippen molar-refractivity contribution in [3.05, 3.63) is 29.8 Å². The highest BCUT2D eigenvalue weighted by atomic mass is 127. The van der Waals surface area contributed by atoms with Crippen LogP contribution in [0.5, 0.6) is 5.75 Å². The fourth-order valence-electron chi connectivity index (χ4n) is 4.43. The van der Waals surface area contributed by atoms with E-state index in [2.05, 4.69) is 53.3 Å². The van der Waals surface area contributed by atoms with Crippen molar-refractivity contribution in [2.75, 3.05) is 72.8 Å². The standard InChI is InChI=1S/C24H41N5O3.HI/c1-5-25-24(26-16-19(2)29-12-15-32-18-20(29)3)27-17-23(28-10-13-31-14-11-28)21-6-8-22(30-4)9-7-21;/h6-9,19-20,23H,5,10-18H2,1-4H3,(H2,25,26,27);1H. The summed E-state index contributed by atoms with van der Waals surface area (Å²) < 4.78 is 16.5. The molecule has 1 aromatic rings. The first-order valence-corrected chi connectivity index (χ1v) is 11.9. The van der Waals surface area contributed by atoms with Crippen LogP contribution in [-0.2, 0) is 9.47 Å². The second-order valence-electron chi connectivity index (χ2n) is 8.55. The molecule has 3 rings (SSSR count). The molecule has 0 radical (unpaired) electrons. The van der Waals surface area contributed by atoms with Gasteiger partial charge in [-0.25, -0.2) is 0 Å². The summed E-state index contributed by atoms with van der Waals surface area (Å²) in [5.74, 6) is 1.75. The average Bonchev–Trinajstić information content (AvgIpc) is 2.83. The number of guanidine groups is 1. The monoisotopic (exact) mass is 575 g/mol. The van der Waals surface area contributed by atoms with Crippen LogP contribution < -0.4 is 15.4 Å². The molecule has 1 aromatic carbocycles. The topological polar surface area (TPSA) is 70.6 Å². The third-order valence-corrected chi connectivity index (χ3v) is 6.29. The zero-order valence-corrected chi connectivity index (χ0v) is 22.9. The Labute approximate surface area is 216 Å². The number of aliphatic imine (C=N–C) groups is 1. The zero-order valence-electron chi connectivity index (χ0n) is 20.6. The summed E-state index contributed by atoms with van der Waals surface area (Å²) >= 11 is 0. The molecule has 0 aromatic heterocycles. The van der Waals surface area contributed by atoms with Gasteiger partial charge in [0.25, 0.3) is 0 Å². The predicted molar refractivity (Wildman–Crippen MR) is 144 cm³/mol. The van der Waals surface area contributed by atoms with Gasteiger partial charge in [-0.05, 0) is 38.5 Å². The maximum absolute atomic E-state index is 5.59. The Morgan fingerprint density at radius 1 is 1.12 bits per heavy atom. The first kappa shape index (κ1) is 28.1. The number of hydrogen-bond acceptors (Lipinski definition) is 6. The first-order valence-electron chi connectivity index (χ1n) is 11.9. The number of nitrogens with one attached hydrogen (secondary N) is 2. The van der Waals surface area contributed by atoms with Gasteiger partial charge >= 0.3 is 0 Å². The summed E-state index contributed by atoms with van der Waals surface area (Å²) in [6.45, 7) is 14.9. The number of benzene rings is 1. The summed E-state index contributed by atoms with van der Waals surface area (Å²) in [5, 5.41) is 7.01. The van der Waals surface area contributed by atoms with Gasteiger partial charge in [0.05, 0.1) is 46.1 Å². The SMILES string of the molecule is CCNC(=NCC(C)N1CCOCC1C)NCC(c1ccc(OC)cc1)N1CCOCC1.I. The van der Waals surface area contributed by atoms with Crippen LogP contribution in [0.15, 0.2) is 29.3 Å². The van der Waals surface area contributed by atoms with Gasteiger partial charge < -0.3 is 24.8 Å². The van der Waals surface area contributed by atoms with Crippen molar-refractivity contribution in [2.45, 2.75) is 38.9 Å². The Kier molecular flexibility index (Phi) is 12.8. The van der Waals surface area contributed by atoms with Gasteiger partial charge in [-0.3, -0.25) is 14.8 Å². The van der Waals surface area contributed by atoms with Crippen LogP contribution >= 0.6 is 24.0 Å². The minimum Gasteiger partial charge on any atom is -0.497 e. The molecule has 2 aliphatic heterocycles. The molecule has 2 N–H and O–H groups in total. The van der Waals surface area contributed by atoms with Gasteiger partial charge in [-0.15, -0.1) is 24.0 Å². The van der Waals surface area contributed by atoms with E-state index in [0.29, 0.717) is 12.1 Å². The summed E-state index contributed by atoms with van der Waals surface area (Å²) in [6.07, 6.45) is 0. The lowest BCUT2D eigenvalue weighted by Crippen LogP contribution is -2.50. The average molecular weight is 576 g/mol. The van der Waals surface area contributed by atoms with Crippen molar-refractivity contribution in [3.8, 4) is 5.75 Å². The minimum atomic E-state index is 0. The highest BCUT2D eigenvalue weighted by molar-refractivity contribution is 14.0. The molecule has 3 unspecified atom stereocenters. The number of nitrogens with zero attached hydrogens (tertiary/aromatic N) is 3. The molecular formula is C24H42IN5O3. The zero-order chi connectivity index (χ0) is 22.8. The van der Waals surface area contributed by atoms with Crippen molar-refractivity contribution < 1.29 is 14.2 Å². The third kappa shape index (κ3) is 8.54. The number of rotatable bonds is 9. The number of hydrogen-bond donors (Lipinski definition) is 2. The van der Waals surface area contributed by atoms with E-state index in [1.54, 1.807) is 7.11 Å². The fraction of sp³-hybridized carbons (Fsp3) is 0.708. The van der Waals surface area contributed by atoms with Crippen molar-refractivity contribution in [2.24, 2.45) is 4.99 Å². The lowest BCUT2D eigenvalue weighted by Gasteiger charge is -2.37. The molecular weight excluding hydrogens is 533 g/mol. The normalized spacial score (nSPS) is 22.2. The second-order valence-corrected chi connectivity index (χ2v) is 8.55. The van der Waals surface area contributed by atoms with Crippen LogP contribution in [-0.4, -0.2) is 101 Å². The molecule has 0 bridgehead atoms. The van der Waals surface area contributed by atoms with Gasteiger partial charge in [-0.1, -0.05) is 12.1 Å². The molecule has 2 fully saturated rings. The molecule has 188 valence electrons. The third-order valence-electron chi connectivity index (χ3n) is 6.29. The van der Waals surface area contributed by atoms with E-state index in [0.717, 1.165) is 77.4 Å². The van der Waals surface area contributed by atoms with Crippen LogP contribution in [0.25, 0.3) is 0 Å². The van der Waals surface area contributed by atoms with Crippen LogP contribution in [0.4, 0.5) is 0 Å². The first-order chi connectivity index (χ1) is 15.6. The van der Waals surface area contributed by atoms with Gasteiger partial charge in [0.2, 0.25) is 0 Å². The van der Waals surface area contributed by atoms with E-state index in [-0.39, 0.29) is 30.0 Å². The Morgan fingerprint density at radius 3 is 2.45 bits per heavy atom. The summed E-state index contributed by atoms with van der Waals surface area (Å²) in [6, 6.07) is 9.44. The van der Waals surface area contributed by atoms with Crippen LogP contribution in [0.1, 0.15) is 32.4 Å². The molecule has 2 heterocycles. The molecule has 8 nitrogen and oxygen atoms in total. The molecule has 2 saturated heterocycles. The van der Waals surface area contributed by atoms with Crippen LogP contribution in [0.3, 0.4) is 0 Å². The minimum absolute atomic E-state index is 0. The molecule has 3 atom stereocenters. The number of halogens is 1. The van der Waals surface area contributed by atoms with Crippen molar-refractivity contribution in [1.82, 2.24) is 20.4 Å². The molecule has 0 amide bonds. The quantitative estimate of drug-likeness (QED) is 0.266. The lowest BCUT2D eigenvalue weighted by atomic mass is 10.0. The van der Waals surface area contributed by atoms with E-state index in [1.807, 2.05) is 12.1 Å². The highest BCUT2D eigenvalue weighted by Crippen LogP contribution is 2.23. The van der Waals surface area contributed by atoms with E-state index in [1.165, 1.54) is 5.56 Å². The van der Waals surface area contributed by atoms with Gasteiger partial charge in [-0.2, -0.15) is 0 Å². The summed E-state index contributed by atoms with van der Waals surface area (Å²) in [5.41, 5.74) is 1.27. The largest absolute Gasteiger partial charge is 0.497 e. The molecule has 0 aliphatic carbocycles. The van der Waals surface area contributed by atoms with E-state index in [4.69, 9.17) is 19.2 Å². The van der Waals surface area contributed by atoms with E-state index in [9.17, 15) is 0 Å². The van der Waals surface area contributed by atoms with Crippen LogP contribution in [0.2, 0.25) is 0 Å². The second kappa shape index (κ2) is 15.0. The van der Waals surface area contributed by atoms with Crippen molar-refractivity contribution in [1.29, 1.82) is 0 Å². The summed E-state index contributed by atoms with van der Waals surface area (Å²) in [7, 11) is 1.70. The number of ether oxygens (including phenoxy) is 3. The Hall–Kier alpha value is -1.14. The highest BCUT2D eigenvalue weighted by Gasteiger charge is 2.25. The Bertz CT molecular complexity index is 700. The maximum atomic E-state index is 5.59. The Balaban J connectivity index is 0.00000385. The number of morpholine rings is 2. The lowest BCUT2D eigenvalue weighted by molar-refractivity contribution is -0.0166. The Morgan fingerprint density at radius 2 is 1.82 bits per heavy atom. The molecule has 0 saturated carbocycles. The fourth-order valence-corrected chi connectivity index (χ4v) is 4.43. The van der Waals surface area contributed by atoms with Gasteiger partial charge in [0.1, 0.15) is 5.75 Å². The molecule has 2 aliphatic rings. The molecule has 33 heavy (non-hydrogen) atoms. The van der Waals surface area contributed by atoms with E-state index < -0.39 is 0 Å². The van der Waals surface area contributed by atoms with Gasteiger partial charge in [0.15, 0.2) is 5.96 Å². The molecule has 0 spiro atoms. The summed E-state index contributed by atoms with van der Waals surface area (Å²) in [4.78, 5) is 9.89. The molecule has 9 heteroatoms. The van der Waals surface area contributed by atoms with Crippen molar-refractivity contribution in [3.63, 3.8) is 0 Å². The predicted octanol–water partition coefficient (Wildman–Crippen LogP) is 2.35. The number of methoxy groups -OCH3 is 1. The van der Waals surface area contributed by atoms with Gasteiger partial charge in [0, 0.05) is 44.8 Å². The van der Waals surface area contributed by atoms with Crippen LogP contribution in [0, 0.1) is 0 Å². The van der Waals surface area contributed by atoms with E-state index >= 15 is 0 Å². The van der Waals surface area contributed by atoms with Crippen molar-refractivity contribution >= 4 is 29.9 Å². The maximum Gasteiger partial charge on any atom is 0.191 e. The smallest absolute Gasteiger partial charge is 0.191 e.